The van der Waals surface area contributed by atoms with Gasteiger partial charge in [-0.15, -0.1) is 0 Å². The largest absolute Gasteiger partial charge is 0.396 e. The molecule has 0 aromatic heterocycles. The van der Waals surface area contributed by atoms with Gasteiger partial charge in [0.2, 0.25) is 0 Å². The van der Waals surface area contributed by atoms with E-state index in [9.17, 15) is 5.11 Å². The fourth-order valence-electron chi connectivity index (χ4n) is 2.69. The average Bonchev–Trinajstić information content (AvgIpc) is 2.81. The van der Waals surface area contributed by atoms with E-state index >= 15 is 0 Å². The van der Waals surface area contributed by atoms with Crippen molar-refractivity contribution < 1.29 is 9.84 Å². The molecule has 0 bridgehead atoms. The van der Waals surface area contributed by atoms with Crippen LogP contribution in [-0.4, -0.2) is 37.5 Å². The van der Waals surface area contributed by atoms with Crippen LogP contribution in [0, 0.1) is 5.41 Å². The first-order chi connectivity index (χ1) is 7.35. The Labute approximate surface area is 92.2 Å². The van der Waals surface area contributed by atoms with Gasteiger partial charge >= 0.3 is 0 Å². The number of aliphatic hydroxyl groups is 1. The highest BCUT2D eigenvalue weighted by Crippen LogP contribution is 2.30. The van der Waals surface area contributed by atoms with Crippen LogP contribution >= 0.6 is 0 Å². The van der Waals surface area contributed by atoms with Crippen LogP contribution in [0.2, 0.25) is 0 Å². The van der Waals surface area contributed by atoms with Gasteiger partial charge in [0.25, 0.3) is 0 Å². The number of aliphatic hydroxyl groups excluding tert-OH is 1. The van der Waals surface area contributed by atoms with E-state index in [4.69, 9.17) is 4.74 Å². The minimum Gasteiger partial charge on any atom is -0.396 e. The Hall–Kier alpha value is -0.120. The molecule has 2 N–H and O–H groups in total. The summed E-state index contributed by atoms with van der Waals surface area (Å²) in [4.78, 5) is 0. The van der Waals surface area contributed by atoms with Crippen LogP contribution in [0.3, 0.4) is 0 Å². The zero-order chi connectivity index (χ0) is 10.6. The lowest BCUT2D eigenvalue weighted by Gasteiger charge is -2.36. The van der Waals surface area contributed by atoms with Gasteiger partial charge in [-0.05, 0) is 25.7 Å². The molecule has 0 aromatic rings. The van der Waals surface area contributed by atoms with E-state index in [0.29, 0.717) is 12.6 Å². The van der Waals surface area contributed by atoms with Crippen molar-refractivity contribution in [3.05, 3.63) is 0 Å². The molecule has 15 heavy (non-hydrogen) atoms. The third-order valence-corrected chi connectivity index (χ3v) is 4.01. The molecule has 1 saturated heterocycles. The second kappa shape index (κ2) is 5.28. The molecule has 2 fully saturated rings. The van der Waals surface area contributed by atoms with Crippen molar-refractivity contribution in [1.82, 2.24) is 5.32 Å². The summed E-state index contributed by atoms with van der Waals surface area (Å²) in [6, 6.07) is 0.705. The molecule has 1 heterocycles. The van der Waals surface area contributed by atoms with Gasteiger partial charge in [0, 0.05) is 31.2 Å². The second-order valence-electron chi connectivity index (χ2n) is 5.13. The first-order valence-corrected chi connectivity index (χ1v) is 6.27. The molecule has 0 spiro atoms. The smallest absolute Gasteiger partial charge is 0.0501 e. The van der Waals surface area contributed by atoms with E-state index in [1.165, 1.54) is 25.7 Å². The highest BCUT2D eigenvalue weighted by atomic mass is 16.5. The van der Waals surface area contributed by atoms with E-state index in [2.05, 4.69) is 5.32 Å². The van der Waals surface area contributed by atoms with Crippen LogP contribution in [0.1, 0.15) is 38.5 Å². The molecule has 1 saturated carbocycles. The van der Waals surface area contributed by atoms with Crippen molar-refractivity contribution in [3.8, 4) is 0 Å². The average molecular weight is 213 g/mol. The Bertz CT molecular complexity index is 184. The summed E-state index contributed by atoms with van der Waals surface area (Å²) in [6.45, 7) is 2.90. The molecule has 2 rings (SSSR count). The van der Waals surface area contributed by atoms with Crippen molar-refractivity contribution >= 4 is 0 Å². The fraction of sp³-hybridized carbons (Fsp3) is 1.00. The molecule has 0 aromatic carbocycles. The maximum Gasteiger partial charge on any atom is 0.0501 e. The molecule has 3 nitrogen and oxygen atoms in total. The molecule has 1 aliphatic heterocycles. The summed E-state index contributed by atoms with van der Waals surface area (Å²) in [6.07, 6.45) is 7.38. The van der Waals surface area contributed by atoms with E-state index in [0.717, 1.165) is 32.6 Å². The Balaban J connectivity index is 1.78. The maximum absolute atomic E-state index is 9.52. The quantitative estimate of drug-likeness (QED) is 0.740. The minimum atomic E-state index is 0.0981. The summed E-state index contributed by atoms with van der Waals surface area (Å²) in [7, 11) is 0. The van der Waals surface area contributed by atoms with Crippen molar-refractivity contribution in [3.63, 3.8) is 0 Å². The van der Waals surface area contributed by atoms with Gasteiger partial charge in [0.05, 0.1) is 6.61 Å². The van der Waals surface area contributed by atoms with Gasteiger partial charge in [-0.1, -0.05) is 12.8 Å². The van der Waals surface area contributed by atoms with Crippen molar-refractivity contribution in [1.29, 1.82) is 0 Å². The van der Waals surface area contributed by atoms with Gasteiger partial charge in [0.15, 0.2) is 0 Å². The Morgan fingerprint density at radius 3 is 2.47 bits per heavy atom. The lowest BCUT2D eigenvalue weighted by Crippen LogP contribution is -2.44. The normalized spacial score (nSPS) is 27.0. The molecule has 3 heteroatoms. The third-order valence-electron chi connectivity index (χ3n) is 4.01. The molecule has 2 aliphatic rings. The van der Waals surface area contributed by atoms with Crippen LogP contribution in [-0.2, 0) is 4.74 Å². The number of rotatable bonds is 4. The SMILES string of the molecule is OCC1(CNC2CCCC2)CCOCC1. The van der Waals surface area contributed by atoms with Gasteiger partial charge in [-0.3, -0.25) is 0 Å². The zero-order valence-electron chi connectivity index (χ0n) is 9.50. The third kappa shape index (κ3) is 2.92. The number of ether oxygens (including phenoxy) is 1. The van der Waals surface area contributed by atoms with Crippen LogP contribution in [0.5, 0.6) is 0 Å². The second-order valence-corrected chi connectivity index (χ2v) is 5.13. The summed E-state index contributed by atoms with van der Waals surface area (Å²) in [5, 5.41) is 13.1. The van der Waals surface area contributed by atoms with E-state index in [1.807, 2.05) is 0 Å². The van der Waals surface area contributed by atoms with E-state index in [-0.39, 0.29) is 5.41 Å². The predicted octanol–water partition coefficient (Wildman–Crippen LogP) is 1.31. The van der Waals surface area contributed by atoms with Gasteiger partial charge in [-0.2, -0.15) is 0 Å². The van der Waals surface area contributed by atoms with Crippen molar-refractivity contribution in [2.75, 3.05) is 26.4 Å². The number of hydrogen-bond acceptors (Lipinski definition) is 3. The summed E-state index contributed by atoms with van der Waals surface area (Å²) >= 11 is 0. The van der Waals surface area contributed by atoms with Crippen molar-refractivity contribution in [2.24, 2.45) is 5.41 Å². The Morgan fingerprint density at radius 1 is 1.20 bits per heavy atom. The minimum absolute atomic E-state index is 0.0981. The number of nitrogens with one attached hydrogen (secondary N) is 1. The highest BCUT2D eigenvalue weighted by Gasteiger charge is 2.32. The topological polar surface area (TPSA) is 41.5 Å². The lowest BCUT2D eigenvalue weighted by atomic mass is 9.81. The fourth-order valence-corrected chi connectivity index (χ4v) is 2.69. The summed E-state index contributed by atoms with van der Waals surface area (Å²) in [5.41, 5.74) is 0.0981. The molecule has 0 atom stereocenters. The highest BCUT2D eigenvalue weighted by molar-refractivity contribution is 4.86. The monoisotopic (exact) mass is 213 g/mol. The van der Waals surface area contributed by atoms with Gasteiger partial charge < -0.3 is 15.2 Å². The zero-order valence-corrected chi connectivity index (χ0v) is 9.50. The lowest BCUT2D eigenvalue weighted by molar-refractivity contribution is -0.0164. The number of hydrogen-bond donors (Lipinski definition) is 2. The summed E-state index contributed by atoms with van der Waals surface area (Å²) < 4.78 is 5.36. The molecule has 0 unspecified atom stereocenters. The van der Waals surface area contributed by atoms with E-state index < -0.39 is 0 Å². The van der Waals surface area contributed by atoms with Crippen LogP contribution < -0.4 is 5.32 Å². The maximum atomic E-state index is 9.52. The van der Waals surface area contributed by atoms with Gasteiger partial charge in [0.1, 0.15) is 0 Å². The Kier molecular flexibility index (Phi) is 4.00. The molecule has 1 aliphatic carbocycles. The standard InChI is InChI=1S/C12H23NO2/c14-10-12(5-7-15-8-6-12)9-13-11-3-1-2-4-11/h11,13-14H,1-10H2. The molecule has 0 radical (unpaired) electrons. The molecular formula is C12H23NO2. The first kappa shape index (κ1) is 11.4. The Morgan fingerprint density at radius 2 is 1.87 bits per heavy atom. The molecule has 0 amide bonds. The molecule has 88 valence electrons. The first-order valence-electron chi connectivity index (χ1n) is 6.27. The van der Waals surface area contributed by atoms with Gasteiger partial charge in [-0.25, -0.2) is 0 Å². The van der Waals surface area contributed by atoms with Crippen molar-refractivity contribution in [2.45, 2.75) is 44.6 Å². The van der Waals surface area contributed by atoms with E-state index in [1.54, 1.807) is 0 Å². The van der Waals surface area contributed by atoms with Crippen LogP contribution in [0.25, 0.3) is 0 Å². The van der Waals surface area contributed by atoms with Crippen LogP contribution in [0.15, 0.2) is 0 Å². The summed E-state index contributed by atoms with van der Waals surface area (Å²) in [5.74, 6) is 0. The predicted molar refractivity (Wildman–Crippen MR) is 59.8 cm³/mol. The molecular weight excluding hydrogens is 190 g/mol. The van der Waals surface area contributed by atoms with Crippen LogP contribution in [0.4, 0.5) is 0 Å².